The Morgan fingerprint density at radius 1 is 1.62 bits per heavy atom. The zero-order chi connectivity index (χ0) is 9.84. The summed E-state index contributed by atoms with van der Waals surface area (Å²) in [6.45, 7) is 4.75. The van der Waals surface area contributed by atoms with Crippen molar-refractivity contribution in [1.82, 2.24) is 9.55 Å². The summed E-state index contributed by atoms with van der Waals surface area (Å²) in [4.78, 5) is 4.39. The predicted octanol–water partition coefficient (Wildman–Crippen LogP) is 2.43. The molecule has 0 fully saturated rings. The maximum atomic E-state index is 8.49. The second kappa shape index (κ2) is 4.43. The molecule has 4 heteroatoms. The second-order valence-corrected chi connectivity index (χ2v) is 3.57. The molecule has 0 saturated heterocycles. The summed E-state index contributed by atoms with van der Waals surface area (Å²) >= 11 is 3.46. The number of aryl methyl sites for hydroxylation is 2. The van der Waals surface area contributed by atoms with E-state index in [2.05, 4.69) is 38.5 Å². The van der Waals surface area contributed by atoms with Crippen molar-refractivity contribution in [3.05, 3.63) is 16.1 Å². The Bertz CT molecular complexity index is 335. The maximum Gasteiger partial charge on any atom is 0.109 e. The van der Waals surface area contributed by atoms with Gasteiger partial charge in [-0.3, -0.25) is 0 Å². The highest BCUT2D eigenvalue weighted by Crippen LogP contribution is 2.18. The van der Waals surface area contributed by atoms with Crippen LogP contribution in [-0.2, 0) is 13.0 Å². The molecule has 13 heavy (non-hydrogen) atoms. The molecule has 0 saturated carbocycles. The van der Waals surface area contributed by atoms with Gasteiger partial charge in [-0.15, -0.1) is 0 Å². The van der Waals surface area contributed by atoms with Gasteiger partial charge in [-0.05, 0) is 22.9 Å². The molecule has 0 N–H and O–H groups in total. The SMILES string of the molecule is CCc1nc(C)c(Br)n1CCC#N. The van der Waals surface area contributed by atoms with Gasteiger partial charge < -0.3 is 4.57 Å². The fraction of sp³-hybridized carbons (Fsp3) is 0.556. The molecule has 0 bridgehead atoms. The summed E-state index contributed by atoms with van der Waals surface area (Å²) in [5.41, 5.74) is 0.995. The van der Waals surface area contributed by atoms with Crippen molar-refractivity contribution in [1.29, 1.82) is 5.26 Å². The lowest BCUT2D eigenvalue weighted by Gasteiger charge is -2.04. The number of nitriles is 1. The number of imidazole rings is 1. The van der Waals surface area contributed by atoms with Crippen molar-refractivity contribution in [3.8, 4) is 6.07 Å². The zero-order valence-corrected chi connectivity index (χ0v) is 9.43. The standard InChI is InChI=1S/C9H12BrN3/c1-3-8-12-7(2)9(10)13(8)6-4-5-11/h3-4,6H2,1-2H3. The molecule has 1 aromatic heterocycles. The van der Waals surface area contributed by atoms with Crippen molar-refractivity contribution in [2.75, 3.05) is 0 Å². The molecule has 0 aromatic carbocycles. The molecule has 0 amide bonds. The molecule has 0 radical (unpaired) electrons. The molecule has 1 rings (SSSR count). The first-order chi connectivity index (χ1) is 6.20. The van der Waals surface area contributed by atoms with E-state index < -0.39 is 0 Å². The average molecular weight is 242 g/mol. The van der Waals surface area contributed by atoms with E-state index in [0.717, 1.165) is 29.1 Å². The van der Waals surface area contributed by atoms with Crippen molar-refractivity contribution in [2.24, 2.45) is 0 Å². The molecular weight excluding hydrogens is 230 g/mol. The Labute approximate surface area is 86.5 Å². The van der Waals surface area contributed by atoms with Crippen LogP contribution in [0.4, 0.5) is 0 Å². The molecule has 0 aliphatic heterocycles. The monoisotopic (exact) mass is 241 g/mol. The van der Waals surface area contributed by atoms with Crippen LogP contribution in [0.5, 0.6) is 0 Å². The molecular formula is C9H12BrN3. The minimum atomic E-state index is 0.529. The molecule has 0 unspecified atom stereocenters. The number of nitrogens with zero attached hydrogens (tertiary/aromatic N) is 3. The fourth-order valence-corrected chi connectivity index (χ4v) is 1.74. The van der Waals surface area contributed by atoms with Crippen LogP contribution in [-0.4, -0.2) is 9.55 Å². The third kappa shape index (κ3) is 2.10. The van der Waals surface area contributed by atoms with Crippen LogP contribution in [0.25, 0.3) is 0 Å². The Morgan fingerprint density at radius 3 is 2.85 bits per heavy atom. The normalized spacial score (nSPS) is 10.0. The third-order valence-corrected chi connectivity index (χ3v) is 2.91. The first kappa shape index (κ1) is 10.3. The Kier molecular flexibility index (Phi) is 3.49. The summed E-state index contributed by atoms with van der Waals surface area (Å²) in [6, 6.07) is 2.13. The van der Waals surface area contributed by atoms with Gasteiger partial charge in [-0.1, -0.05) is 6.92 Å². The van der Waals surface area contributed by atoms with Crippen LogP contribution in [0.15, 0.2) is 4.60 Å². The van der Waals surface area contributed by atoms with Crippen LogP contribution in [0.1, 0.15) is 24.9 Å². The van der Waals surface area contributed by atoms with Gasteiger partial charge in [0.15, 0.2) is 0 Å². The van der Waals surface area contributed by atoms with Crippen LogP contribution in [0.2, 0.25) is 0 Å². The van der Waals surface area contributed by atoms with Gasteiger partial charge in [0.25, 0.3) is 0 Å². The smallest absolute Gasteiger partial charge is 0.109 e. The third-order valence-electron chi connectivity index (χ3n) is 1.91. The van der Waals surface area contributed by atoms with Gasteiger partial charge in [0.1, 0.15) is 10.4 Å². The summed E-state index contributed by atoms with van der Waals surface area (Å²) in [7, 11) is 0. The quantitative estimate of drug-likeness (QED) is 0.816. The van der Waals surface area contributed by atoms with Crippen molar-refractivity contribution >= 4 is 15.9 Å². The zero-order valence-electron chi connectivity index (χ0n) is 7.84. The number of hydrogen-bond donors (Lipinski definition) is 0. The van der Waals surface area contributed by atoms with Gasteiger partial charge in [0.05, 0.1) is 18.2 Å². The van der Waals surface area contributed by atoms with E-state index in [0.29, 0.717) is 6.42 Å². The van der Waals surface area contributed by atoms with E-state index in [4.69, 9.17) is 5.26 Å². The number of rotatable bonds is 3. The predicted molar refractivity (Wildman–Crippen MR) is 54.3 cm³/mol. The summed E-state index contributed by atoms with van der Waals surface area (Å²) < 4.78 is 3.05. The van der Waals surface area contributed by atoms with Gasteiger partial charge in [0, 0.05) is 13.0 Å². The first-order valence-electron chi connectivity index (χ1n) is 4.29. The first-order valence-corrected chi connectivity index (χ1v) is 5.08. The highest BCUT2D eigenvalue weighted by molar-refractivity contribution is 9.10. The highest BCUT2D eigenvalue weighted by Gasteiger charge is 2.09. The highest BCUT2D eigenvalue weighted by atomic mass is 79.9. The van der Waals surface area contributed by atoms with Crippen LogP contribution < -0.4 is 0 Å². The van der Waals surface area contributed by atoms with E-state index in [1.807, 2.05) is 6.92 Å². The van der Waals surface area contributed by atoms with Gasteiger partial charge in [-0.2, -0.15) is 5.26 Å². The lowest BCUT2D eigenvalue weighted by molar-refractivity contribution is 0.659. The van der Waals surface area contributed by atoms with Crippen molar-refractivity contribution < 1.29 is 0 Å². The minimum absolute atomic E-state index is 0.529. The summed E-state index contributed by atoms with van der Waals surface area (Å²) in [5.74, 6) is 1.04. The van der Waals surface area contributed by atoms with Gasteiger partial charge in [0.2, 0.25) is 0 Å². The molecule has 0 spiro atoms. The number of hydrogen-bond acceptors (Lipinski definition) is 2. The second-order valence-electron chi connectivity index (χ2n) is 2.82. The summed E-state index contributed by atoms with van der Waals surface area (Å²) in [6.07, 6.45) is 1.43. The van der Waals surface area contributed by atoms with Crippen molar-refractivity contribution in [3.63, 3.8) is 0 Å². The lowest BCUT2D eigenvalue weighted by Crippen LogP contribution is -2.02. The Morgan fingerprint density at radius 2 is 2.31 bits per heavy atom. The molecule has 3 nitrogen and oxygen atoms in total. The fourth-order valence-electron chi connectivity index (χ4n) is 1.27. The van der Waals surface area contributed by atoms with E-state index in [9.17, 15) is 0 Å². The minimum Gasteiger partial charge on any atom is -0.322 e. The topological polar surface area (TPSA) is 41.6 Å². The van der Waals surface area contributed by atoms with Crippen LogP contribution >= 0.6 is 15.9 Å². The largest absolute Gasteiger partial charge is 0.322 e. The molecule has 0 aliphatic carbocycles. The summed E-state index contributed by atoms with van der Waals surface area (Å²) in [5, 5.41) is 8.49. The maximum absolute atomic E-state index is 8.49. The number of halogens is 1. The molecule has 0 atom stereocenters. The average Bonchev–Trinajstić information content (AvgIpc) is 2.40. The van der Waals surface area contributed by atoms with E-state index in [1.165, 1.54) is 0 Å². The van der Waals surface area contributed by atoms with E-state index in [1.54, 1.807) is 0 Å². The van der Waals surface area contributed by atoms with Crippen molar-refractivity contribution in [2.45, 2.75) is 33.2 Å². The Hall–Kier alpha value is -0.820. The molecule has 1 aromatic rings. The molecule has 70 valence electrons. The lowest BCUT2D eigenvalue weighted by atomic mass is 10.4. The van der Waals surface area contributed by atoms with Gasteiger partial charge >= 0.3 is 0 Å². The number of aromatic nitrogens is 2. The van der Waals surface area contributed by atoms with E-state index in [-0.39, 0.29) is 0 Å². The van der Waals surface area contributed by atoms with E-state index >= 15 is 0 Å². The van der Waals surface area contributed by atoms with Crippen LogP contribution in [0, 0.1) is 18.3 Å². The molecule has 1 heterocycles. The van der Waals surface area contributed by atoms with Crippen LogP contribution in [0.3, 0.4) is 0 Å². The molecule has 0 aliphatic rings. The van der Waals surface area contributed by atoms with Gasteiger partial charge in [-0.25, -0.2) is 4.98 Å². The Balaban J connectivity index is 2.96.